The van der Waals surface area contributed by atoms with E-state index in [1.807, 2.05) is 34.6 Å². The normalized spacial score (nSPS) is 14.4. The Labute approximate surface area is 103 Å². The zero-order valence-corrected chi connectivity index (χ0v) is 11.6. The molecule has 0 unspecified atom stereocenters. The van der Waals surface area contributed by atoms with Gasteiger partial charge in [0.2, 0.25) is 0 Å². The number of ether oxygens (including phenoxy) is 1. The molecule has 0 aliphatic heterocycles. The molecule has 1 atom stereocenters. The molecule has 0 heterocycles. The van der Waals surface area contributed by atoms with E-state index in [0.29, 0.717) is 18.7 Å². The van der Waals surface area contributed by atoms with E-state index in [4.69, 9.17) is 9.94 Å². The van der Waals surface area contributed by atoms with E-state index in [0.717, 1.165) is 0 Å². The first-order valence-corrected chi connectivity index (χ1v) is 5.96. The first-order chi connectivity index (χ1) is 7.77. The average molecular weight is 244 g/mol. The Morgan fingerprint density at radius 3 is 2.24 bits per heavy atom. The average Bonchev–Trinajstić information content (AvgIpc) is 2.17. The fourth-order valence-electron chi connectivity index (χ4n) is 1.60. The van der Waals surface area contributed by atoms with Gasteiger partial charge in [-0.25, -0.2) is 4.79 Å². The van der Waals surface area contributed by atoms with Crippen LogP contribution in [0.1, 0.15) is 48.0 Å². The van der Waals surface area contributed by atoms with Gasteiger partial charge < -0.3 is 14.8 Å². The van der Waals surface area contributed by atoms with Gasteiger partial charge in [0.1, 0.15) is 6.10 Å². The molecule has 0 saturated carbocycles. The molecule has 0 saturated heterocycles. The molecular formula is C12H24N2O3. The molecule has 17 heavy (non-hydrogen) atoms. The van der Waals surface area contributed by atoms with Crippen molar-refractivity contribution in [1.82, 2.24) is 4.90 Å². The maximum Gasteiger partial charge on any atom is 0.410 e. The van der Waals surface area contributed by atoms with E-state index >= 15 is 0 Å². The van der Waals surface area contributed by atoms with Crippen molar-refractivity contribution in [3.05, 3.63) is 0 Å². The van der Waals surface area contributed by atoms with E-state index in [2.05, 4.69) is 5.16 Å². The molecular weight excluding hydrogens is 220 g/mol. The quantitative estimate of drug-likeness (QED) is 0.470. The summed E-state index contributed by atoms with van der Waals surface area (Å²) in [5.74, 6) is 0. The fourth-order valence-corrected chi connectivity index (χ4v) is 1.60. The van der Waals surface area contributed by atoms with E-state index in [-0.39, 0.29) is 11.6 Å². The molecule has 0 spiro atoms. The van der Waals surface area contributed by atoms with Crippen molar-refractivity contribution in [2.45, 2.75) is 59.6 Å². The number of carbonyl (C=O) groups excluding carboxylic acids is 1. The summed E-state index contributed by atoms with van der Waals surface area (Å²) in [4.78, 5) is 13.6. The molecule has 0 aromatic carbocycles. The molecule has 0 aliphatic carbocycles. The van der Waals surface area contributed by atoms with Crippen molar-refractivity contribution in [3.63, 3.8) is 0 Å². The zero-order chi connectivity index (χ0) is 13.6. The van der Waals surface area contributed by atoms with Crippen LogP contribution in [-0.2, 0) is 4.74 Å². The summed E-state index contributed by atoms with van der Waals surface area (Å²) in [5.41, 5.74) is 0.178. The number of hydrogen-bond acceptors (Lipinski definition) is 4. The Balaban J connectivity index is 4.63. The Bertz CT molecular complexity index is 282. The molecule has 100 valence electrons. The monoisotopic (exact) mass is 244 g/mol. The fraction of sp³-hybridized carbons (Fsp3) is 0.833. The van der Waals surface area contributed by atoms with Crippen molar-refractivity contribution in [3.8, 4) is 0 Å². The lowest BCUT2D eigenvalue weighted by atomic mass is 10.1. The van der Waals surface area contributed by atoms with Crippen LogP contribution in [0.15, 0.2) is 5.16 Å². The molecule has 0 radical (unpaired) electrons. The van der Waals surface area contributed by atoms with Crippen LogP contribution in [0, 0.1) is 0 Å². The van der Waals surface area contributed by atoms with Crippen LogP contribution in [0.5, 0.6) is 0 Å². The largest absolute Gasteiger partial charge is 0.440 e. The Morgan fingerprint density at radius 2 is 1.94 bits per heavy atom. The predicted molar refractivity (Wildman–Crippen MR) is 67.6 cm³/mol. The highest BCUT2D eigenvalue weighted by Crippen LogP contribution is 2.15. The third-order valence-corrected chi connectivity index (χ3v) is 2.58. The van der Waals surface area contributed by atoms with Gasteiger partial charge >= 0.3 is 6.09 Å². The standard InChI is InChI=1S/C12H24N2O3/c1-7-10(13-16)9(3)17-11(15)14(8-2)12(4,5)6/h9,16H,7-8H2,1-6H3/b13-10+/t9-/m1/s1. The van der Waals surface area contributed by atoms with E-state index < -0.39 is 6.10 Å². The first kappa shape index (κ1) is 15.7. The molecule has 5 heteroatoms. The van der Waals surface area contributed by atoms with Crippen LogP contribution >= 0.6 is 0 Å². The van der Waals surface area contributed by atoms with Gasteiger partial charge in [-0.3, -0.25) is 0 Å². The summed E-state index contributed by atoms with van der Waals surface area (Å²) < 4.78 is 5.27. The zero-order valence-electron chi connectivity index (χ0n) is 11.6. The maximum atomic E-state index is 11.9. The Morgan fingerprint density at radius 1 is 1.41 bits per heavy atom. The second-order valence-corrected chi connectivity index (χ2v) is 4.89. The highest BCUT2D eigenvalue weighted by molar-refractivity contribution is 5.89. The minimum absolute atomic E-state index is 0.283. The van der Waals surface area contributed by atoms with Gasteiger partial charge in [-0.1, -0.05) is 12.1 Å². The van der Waals surface area contributed by atoms with Crippen molar-refractivity contribution < 1.29 is 14.7 Å². The predicted octanol–water partition coefficient (Wildman–Crippen LogP) is 2.87. The number of hydrogen-bond donors (Lipinski definition) is 1. The first-order valence-electron chi connectivity index (χ1n) is 5.96. The van der Waals surface area contributed by atoms with Crippen molar-refractivity contribution in [2.24, 2.45) is 5.16 Å². The smallest absolute Gasteiger partial charge is 0.410 e. The molecule has 0 aliphatic rings. The summed E-state index contributed by atoms with van der Waals surface area (Å²) in [7, 11) is 0. The molecule has 1 amide bonds. The number of rotatable bonds is 4. The number of nitrogens with zero attached hydrogens (tertiary/aromatic N) is 2. The van der Waals surface area contributed by atoms with E-state index in [1.165, 1.54) is 0 Å². The SMILES string of the molecule is CC/C(=N\O)[C@@H](C)OC(=O)N(CC)C(C)(C)C. The van der Waals surface area contributed by atoms with Crippen molar-refractivity contribution in [1.29, 1.82) is 0 Å². The van der Waals surface area contributed by atoms with Crippen molar-refractivity contribution in [2.75, 3.05) is 6.54 Å². The minimum atomic E-state index is -0.506. The summed E-state index contributed by atoms with van der Waals surface area (Å²) in [6.45, 7) is 11.9. The minimum Gasteiger partial charge on any atom is -0.440 e. The van der Waals surface area contributed by atoms with Crippen LogP contribution in [0.25, 0.3) is 0 Å². The summed E-state index contributed by atoms with van der Waals surface area (Å²) in [6.07, 6.45) is -0.344. The summed E-state index contributed by atoms with van der Waals surface area (Å²) >= 11 is 0. The highest BCUT2D eigenvalue weighted by Gasteiger charge is 2.28. The lowest BCUT2D eigenvalue weighted by molar-refractivity contribution is 0.0610. The van der Waals surface area contributed by atoms with Gasteiger partial charge in [-0.05, 0) is 41.0 Å². The third kappa shape index (κ3) is 4.63. The van der Waals surface area contributed by atoms with E-state index in [9.17, 15) is 4.79 Å². The summed E-state index contributed by atoms with van der Waals surface area (Å²) in [6, 6.07) is 0. The lowest BCUT2D eigenvalue weighted by Gasteiger charge is -2.34. The van der Waals surface area contributed by atoms with Gasteiger partial charge in [-0.2, -0.15) is 0 Å². The molecule has 5 nitrogen and oxygen atoms in total. The summed E-state index contributed by atoms with van der Waals surface area (Å²) in [5, 5.41) is 11.9. The number of carbonyl (C=O) groups is 1. The number of amides is 1. The van der Waals surface area contributed by atoms with Crippen LogP contribution in [0.2, 0.25) is 0 Å². The van der Waals surface area contributed by atoms with Crippen molar-refractivity contribution >= 4 is 11.8 Å². The van der Waals surface area contributed by atoms with Gasteiger partial charge in [0.05, 0.1) is 5.71 Å². The highest BCUT2D eigenvalue weighted by atomic mass is 16.6. The Kier molecular flexibility index (Phi) is 5.99. The van der Waals surface area contributed by atoms with Crippen LogP contribution < -0.4 is 0 Å². The molecule has 0 aromatic heterocycles. The van der Waals surface area contributed by atoms with Crippen LogP contribution in [0.3, 0.4) is 0 Å². The third-order valence-electron chi connectivity index (χ3n) is 2.58. The second kappa shape index (κ2) is 6.47. The molecule has 0 bridgehead atoms. The molecule has 0 aromatic rings. The maximum absolute atomic E-state index is 11.9. The van der Waals surface area contributed by atoms with Crippen LogP contribution in [0.4, 0.5) is 4.79 Å². The Hall–Kier alpha value is -1.26. The number of oxime groups is 1. The van der Waals surface area contributed by atoms with Crippen LogP contribution in [-0.4, -0.2) is 40.1 Å². The molecule has 0 rings (SSSR count). The second-order valence-electron chi connectivity index (χ2n) is 4.89. The topological polar surface area (TPSA) is 62.1 Å². The van der Waals surface area contributed by atoms with Gasteiger partial charge in [0.25, 0.3) is 0 Å². The van der Waals surface area contributed by atoms with Gasteiger partial charge in [-0.15, -0.1) is 0 Å². The van der Waals surface area contributed by atoms with E-state index in [1.54, 1.807) is 11.8 Å². The lowest BCUT2D eigenvalue weighted by Crippen LogP contribution is -2.47. The molecule has 1 N–H and O–H groups in total. The van der Waals surface area contributed by atoms with Gasteiger partial charge in [0, 0.05) is 12.1 Å². The molecule has 0 fully saturated rings. The van der Waals surface area contributed by atoms with Gasteiger partial charge in [0.15, 0.2) is 0 Å².